The van der Waals surface area contributed by atoms with E-state index >= 15 is 0 Å². The average molecular weight is 468 g/mol. The van der Waals surface area contributed by atoms with Crippen molar-refractivity contribution in [3.8, 4) is 23.0 Å². The van der Waals surface area contributed by atoms with Crippen LogP contribution in [0.4, 0.5) is 4.39 Å². The molecule has 3 aromatic rings. The molecule has 3 rings (SSSR count). The molecule has 0 saturated heterocycles. The van der Waals surface area contributed by atoms with Gasteiger partial charge in [-0.3, -0.25) is 9.59 Å². The van der Waals surface area contributed by atoms with Gasteiger partial charge in [0.1, 0.15) is 12.0 Å². The predicted molar refractivity (Wildman–Crippen MR) is 123 cm³/mol. The molecule has 0 bridgehead atoms. The van der Waals surface area contributed by atoms with Gasteiger partial charge in [0.2, 0.25) is 0 Å². The van der Waals surface area contributed by atoms with Crippen molar-refractivity contribution in [3.63, 3.8) is 0 Å². The van der Waals surface area contributed by atoms with E-state index in [9.17, 15) is 14.0 Å². The van der Waals surface area contributed by atoms with Gasteiger partial charge in [-0.1, -0.05) is 12.1 Å². The van der Waals surface area contributed by atoms with Gasteiger partial charge >= 0.3 is 0 Å². The number of nitrogens with one attached hydrogen (secondary N) is 2. The first-order chi connectivity index (χ1) is 16.4. The maximum Gasteiger partial charge on any atom is 0.253 e. The number of halogens is 1. The van der Waals surface area contributed by atoms with Crippen molar-refractivity contribution in [3.05, 3.63) is 83.2 Å². The molecule has 0 radical (unpaired) electrons. The Morgan fingerprint density at radius 3 is 1.44 bits per heavy atom. The number of carbonyl (C=O) groups is 2. The van der Waals surface area contributed by atoms with Crippen LogP contribution in [-0.4, -0.2) is 40.3 Å². The smallest absolute Gasteiger partial charge is 0.253 e. The number of hydrogen-bond donors (Lipinski definition) is 2. The number of rotatable bonds is 9. The van der Waals surface area contributed by atoms with Crippen molar-refractivity contribution in [2.75, 3.05) is 28.4 Å². The quantitative estimate of drug-likeness (QED) is 0.465. The number of methoxy groups -OCH3 is 4. The van der Waals surface area contributed by atoms with Crippen LogP contribution in [0, 0.1) is 5.82 Å². The molecule has 8 nitrogen and oxygen atoms in total. The number of ether oxygens (including phenoxy) is 4. The monoisotopic (exact) mass is 468 g/mol. The summed E-state index contributed by atoms with van der Waals surface area (Å²) in [6.07, 6.45) is -0.957. The van der Waals surface area contributed by atoms with Crippen molar-refractivity contribution in [1.29, 1.82) is 0 Å². The highest BCUT2D eigenvalue weighted by atomic mass is 19.1. The van der Waals surface area contributed by atoms with E-state index in [0.717, 1.165) is 0 Å². The highest BCUT2D eigenvalue weighted by Gasteiger charge is 2.21. The SMILES string of the molecule is COc1ccc(C(=O)NC(NC(=O)c2ccc(OC)c(OC)c2)c2ccc(F)cc2)cc1OC. The molecule has 178 valence electrons. The molecule has 3 aromatic carbocycles. The van der Waals surface area contributed by atoms with Crippen molar-refractivity contribution >= 4 is 11.8 Å². The summed E-state index contributed by atoms with van der Waals surface area (Å²) >= 11 is 0. The van der Waals surface area contributed by atoms with Crippen molar-refractivity contribution < 1.29 is 32.9 Å². The Kier molecular flexibility index (Phi) is 7.92. The van der Waals surface area contributed by atoms with Gasteiger partial charge in [-0.25, -0.2) is 4.39 Å². The number of amides is 2. The van der Waals surface area contributed by atoms with Crippen LogP contribution in [0.1, 0.15) is 32.4 Å². The van der Waals surface area contributed by atoms with Crippen LogP contribution in [0.15, 0.2) is 60.7 Å². The lowest BCUT2D eigenvalue weighted by atomic mass is 10.1. The largest absolute Gasteiger partial charge is 0.493 e. The summed E-state index contributed by atoms with van der Waals surface area (Å²) in [6, 6.07) is 14.8. The molecule has 0 saturated carbocycles. The molecule has 0 heterocycles. The fourth-order valence-corrected chi connectivity index (χ4v) is 3.24. The van der Waals surface area contributed by atoms with Crippen LogP contribution in [0.3, 0.4) is 0 Å². The Hall–Kier alpha value is -4.27. The Labute approximate surface area is 196 Å². The van der Waals surface area contributed by atoms with Crippen molar-refractivity contribution in [2.24, 2.45) is 0 Å². The van der Waals surface area contributed by atoms with Gasteiger partial charge in [-0.05, 0) is 54.1 Å². The Bertz CT molecular complexity index is 1100. The lowest BCUT2D eigenvalue weighted by Gasteiger charge is -2.21. The van der Waals surface area contributed by atoms with Crippen LogP contribution in [0.2, 0.25) is 0 Å². The number of carbonyl (C=O) groups excluding carboxylic acids is 2. The summed E-state index contributed by atoms with van der Waals surface area (Å²) in [5.74, 6) is 0.281. The van der Waals surface area contributed by atoms with E-state index in [1.165, 1.54) is 64.8 Å². The standard InChI is InChI=1S/C25H25FN2O6/c1-31-19-11-7-16(13-21(19)33-3)24(29)27-23(15-5-9-18(26)10-6-15)28-25(30)17-8-12-20(32-2)22(14-17)34-4/h5-14,23H,1-4H3,(H,27,29)(H,28,30). The van der Waals surface area contributed by atoms with Crippen LogP contribution < -0.4 is 29.6 Å². The summed E-state index contributed by atoms with van der Waals surface area (Å²) in [4.78, 5) is 26.0. The third-order valence-corrected chi connectivity index (χ3v) is 5.05. The van der Waals surface area contributed by atoms with E-state index in [4.69, 9.17) is 18.9 Å². The number of hydrogen-bond acceptors (Lipinski definition) is 6. The molecule has 2 N–H and O–H groups in total. The van der Waals surface area contributed by atoms with E-state index in [1.807, 2.05) is 0 Å². The maximum absolute atomic E-state index is 13.5. The summed E-state index contributed by atoms with van der Waals surface area (Å²) in [6.45, 7) is 0. The van der Waals surface area contributed by atoms with Gasteiger partial charge < -0.3 is 29.6 Å². The molecule has 0 fully saturated rings. The second-order valence-corrected chi connectivity index (χ2v) is 7.07. The van der Waals surface area contributed by atoms with Crippen LogP contribution in [-0.2, 0) is 0 Å². The average Bonchev–Trinajstić information content (AvgIpc) is 2.87. The summed E-state index contributed by atoms with van der Waals surface area (Å²) in [5, 5.41) is 5.53. The first-order valence-electron chi connectivity index (χ1n) is 10.2. The van der Waals surface area contributed by atoms with Crippen LogP contribution in [0.25, 0.3) is 0 Å². The molecule has 0 aliphatic carbocycles. The predicted octanol–water partition coefficient (Wildman–Crippen LogP) is 3.72. The first-order valence-corrected chi connectivity index (χ1v) is 10.2. The minimum absolute atomic E-state index is 0.283. The first kappa shape index (κ1) is 24.4. The minimum atomic E-state index is -0.957. The summed E-state index contributed by atoms with van der Waals surface area (Å²) in [5.41, 5.74) is 1.04. The Morgan fingerprint density at radius 2 is 1.06 bits per heavy atom. The Balaban J connectivity index is 1.88. The normalized spacial score (nSPS) is 10.4. The zero-order valence-corrected chi connectivity index (χ0v) is 19.2. The van der Waals surface area contributed by atoms with Gasteiger partial charge in [0, 0.05) is 11.1 Å². The summed E-state index contributed by atoms with van der Waals surface area (Å²) in [7, 11) is 5.91. The zero-order chi connectivity index (χ0) is 24.7. The highest BCUT2D eigenvalue weighted by Crippen LogP contribution is 2.29. The Morgan fingerprint density at radius 1 is 0.647 bits per heavy atom. The van der Waals surface area contributed by atoms with Crippen molar-refractivity contribution in [1.82, 2.24) is 10.6 Å². The molecule has 34 heavy (non-hydrogen) atoms. The maximum atomic E-state index is 13.5. The third kappa shape index (κ3) is 5.55. The van der Waals surface area contributed by atoms with Gasteiger partial charge in [0.25, 0.3) is 11.8 Å². The molecule has 0 unspecified atom stereocenters. The third-order valence-electron chi connectivity index (χ3n) is 5.05. The topological polar surface area (TPSA) is 95.1 Å². The highest BCUT2D eigenvalue weighted by molar-refractivity contribution is 5.97. The van der Waals surface area contributed by atoms with Gasteiger partial charge in [-0.15, -0.1) is 0 Å². The molecule has 0 aliphatic heterocycles. The van der Waals surface area contributed by atoms with Crippen molar-refractivity contribution in [2.45, 2.75) is 6.17 Å². The van der Waals surface area contributed by atoms with E-state index in [-0.39, 0.29) is 11.1 Å². The fraction of sp³-hybridized carbons (Fsp3) is 0.200. The van der Waals surface area contributed by atoms with E-state index in [0.29, 0.717) is 28.6 Å². The molecule has 0 aromatic heterocycles. The van der Waals surface area contributed by atoms with Crippen LogP contribution in [0.5, 0.6) is 23.0 Å². The number of benzene rings is 3. The molecule has 0 spiro atoms. The van der Waals surface area contributed by atoms with E-state index in [2.05, 4.69) is 10.6 Å². The second kappa shape index (κ2) is 11.0. The van der Waals surface area contributed by atoms with Gasteiger partial charge in [-0.2, -0.15) is 0 Å². The van der Waals surface area contributed by atoms with Gasteiger partial charge in [0.05, 0.1) is 28.4 Å². The molecule has 0 atom stereocenters. The summed E-state index contributed by atoms with van der Waals surface area (Å²) < 4.78 is 34.4. The molecular weight excluding hydrogens is 443 g/mol. The molecule has 9 heteroatoms. The molecular formula is C25H25FN2O6. The van der Waals surface area contributed by atoms with E-state index in [1.54, 1.807) is 24.3 Å². The lowest BCUT2D eigenvalue weighted by molar-refractivity contribution is 0.0883. The second-order valence-electron chi connectivity index (χ2n) is 7.07. The zero-order valence-electron chi connectivity index (χ0n) is 19.2. The lowest BCUT2D eigenvalue weighted by Crippen LogP contribution is -2.41. The van der Waals surface area contributed by atoms with Crippen LogP contribution >= 0.6 is 0 Å². The van der Waals surface area contributed by atoms with Gasteiger partial charge in [0.15, 0.2) is 23.0 Å². The molecule has 2 amide bonds. The minimum Gasteiger partial charge on any atom is -0.493 e. The molecule has 0 aliphatic rings. The fourth-order valence-electron chi connectivity index (χ4n) is 3.24. The van der Waals surface area contributed by atoms with E-state index < -0.39 is 23.8 Å².